The molecule has 0 spiro atoms. The van der Waals surface area contributed by atoms with Gasteiger partial charge in [-0.2, -0.15) is 0 Å². The smallest absolute Gasteiger partial charge is 0.0239 e. The van der Waals surface area contributed by atoms with E-state index in [1.807, 2.05) is 0 Å². The molecule has 0 N–H and O–H groups in total. The zero-order chi connectivity index (χ0) is 10.7. The van der Waals surface area contributed by atoms with Crippen molar-refractivity contribution >= 4 is 0 Å². The van der Waals surface area contributed by atoms with E-state index in [1.54, 1.807) is 5.56 Å². The Morgan fingerprint density at radius 3 is 2.73 bits per heavy atom. The fraction of sp³-hybridized carbons (Fsp3) is 0.571. The van der Waals surface area contributed by atoms with Crippen LogP contribution in [0.3, 0.4) is 0 Å². The van der Waals surface area contributed by atoms with Gasteiger partial charge in [-0.1, -0.05) is 31.2 Å². The summed E-state index contributed by atoms with van der Waals surface area (Å²) in [6.07, 6.45) is 3.81. The highest BCUT2D eigenvalue weighted by molar-refractivity contribution is 5.28. The molecule has 0 saturated carbocycles. The molecular formula is C14H21N. The fourth-order valence-electron chi connectivity index (χ4n) is 2.36. The summed E-state index contributed by atoms with van der Waals surface area (Å²) >= 11 is 0. The van der Waals surface area contributed by atoms with Crippen LogP contribution in [0, 0.1) is 0 Å². The molecular weight excluding hydrogens is 182 g/mol. The lowest BCUT2D eigenvalue weighted by Gasteiger charge is -2.26. The predicted molar refractivity (Wildman–Crippen MR) is 64.9 cm³/mol. The van der Waals surface area contributed by atoms with Gasteiger partial charge in [0.1, 0.15) is 0 Å². The molecule has 1 aliphatic rings. The molecule has 1 aliphatic heterocycles. The molecule has 1 heterocycles. The molecule has 0 bridgehead atoms. The Morgan fingerprint density at radius 1 is 1.27 bits per heavy atom. The third kappa shape index (κ3) is 2.40. The second-order valence-corrected chi connectivity index (χ2v) is 4.60. The van der Waals surface area contributed by atoms with E-state index in [0.717, 1.165) is 12.6 Å². The number of rotatable bonds is 2. The Labute approximate surface area is 93.1 Å². The molecule has 1 nitrogen and oxygen atoms in total. The molecule has 0 amide bonds. The van der Waals surface area contributed by atoms with Crippen molar-refractivity contribution in [3.8, 4) is 0 Å². The maximum Gasteiger partial charge on any atom is 0.0239 e. The summed E-state index contributed by atoms with van der Waals surface area (Å²) in [5.41, 5.74) is 3.10. The molecule has 1 aromatic carbocycles. The van der Waals surface area contributed by atoms with Gasteiger partial charge < -0.3 is 0 Å². The molecule has 0 fully saturated rings. The summed E-state index contributed by atoms with van der Waals surface area (Å²) in [5.74, 6) is 0. The van der Waals surface area contributed by atoms with E-state index in [4.69, 9.17) is 0 Å². The third-order valence-corrected chi connectivity index (χ3v) is 3.60. The van der Waals surface area contributed by atoms with Crippen LogP contribution >= 0.6 is 0 Å². The predicted octanol–water partition coefficient (Wildman–Crippen LogP) is 3.23. The first-order valence-corrected chi connectivity index (χ1v) is 6.12. The summed E-state index contributed by atoms with van der Waals surface area (Å²) in [6.45, 7) is 7.02. The Hall–Kier alpha value is -0.820. The van der Waals surface area contributed by atoms with Gasteiger partial charge in [-0.05, 0) is 43.9 Å². The summed E-state index contributed by atoms with van der Waals surface area (Å²) in [6, 6.07) is 9.62. The molecule has 2 rings (SSSR count). The molecule has 1 unspecified atom stereocenters. The van der Waals surface area contributed by atoms with Crippen molar-refractivity contribution in [2.75, 3.05) is 6.54 Å². The van der Waals surface area contributed by atoms with Crippen LogP contribution in [0.15, 0.2) is 24.3 Å². The van der Waals surface area contributed by atoms with Crippen LogP contribution in [0.1, 0.15) is 37.8 Å². The van der Waals surface area contributed by atoms with E-state index in [-0.39, 0.29) is 0 Å². The zero-order valence-corrected chi connectivity index (χ0v) is 9.87. The van der Waals surface area contributed by atoms with Gasteiger partial charge in [-0.25, -0.2) is 0 Å². The van der Waals surface area contributed by atoms with Gasteiger partial charge in [0.15, 0.2) is 0 Å². The number of aryl methyl sites for hydroxylation is 1. The Morgan fingerprint density at radius 2 is 2.00 bits per heavy atom. The number of nitrogens with zero attached hydrogens (tertiary/aromatic N) is 1. The highest BCUT2D eigenvalue weighted by atomic mass is 15.1. The largest absolute Gasteiger partial charge is 0.296 e. The van der Waals surface area contributed by atoms with E-state index in [9.17, 15) is 0 Å². The van der Waals surface area contributed by atoms with E-state index in [1.165, 1.54) is 31.4 Å². The lowest BCUT2D eigenvalue weighted by atomic mass is 10.0. The Bertz CT molecular complexity index is 319. The molecule has 1 aromatic rings. The lowest BCUT2D eigenvalue weighted by molar-refractivity contribution is 0.198. The summed E-state index contributed by atoms with van der Waals surface area (Å²) < 4.78 is 0. The topological polar surface area (TPSA) is 3.24 Å². The van der Waals surface area contributed by atoms with Crippen LogP contribution in [0.5, 0.6) is 0 Å². The van der Waals surface area contributed by atoms with Gasteiger partial charge in [0.2, 0.25) is 0 Å². The average molecular weight is 203 g/mol. The van der Waals surface area contributed by atoms with Crippen molar-refractivity contribution in [2.24, 2.45) is 0 Å². The number of hydrogen-bond acceptors (Lipinski definition) is 1. The molecule has 0 aliphatic carbocycles. The summed E-state index contributed by atoms with van der Waals surface area (Å²) in [5, 5.41) is 0. The van der Waals surface area contributed by atoms with Crippen LogP contribution in [-0.4, -0.2) is 17.5 Å². The van der Waals surface area contributed by atoms with E-state index >= 15 is 0 Å². The van der Waals surface area contributed by atoms with Crippen LogP contribution in [0.2, 0.25) is 0 Å². The highest BCUT2D eigenvalue weighted by Gasteiger charge is 2.17. The van der Waals surface area contributed by atoms with E-state index < -0.39 is 0 Å². The fourth-order valence-corrected chi connectivity index (χ4v) is 2.36. The van der Waals surface area contributed by atoms with Gasteiger partial charge in [0, 0.05) is 12.6 Å². The van der Waals surface area contributed by atoms with Crippen molar-refractivity contribution in [1.82, 2.24) is 4.90 Å². The number of benzene rings is 1. The number of hydrogen-bond donors (Lipinski definition) is 0. The first kappa shape index (κ1) is 10.7. The first-order valence-electron chi connectivity index (χ1n) is 6.12. The van der Waals surface area contributed by atoms with Gasteiger partial charge in [-0.3, -0.25) is 4.90 Å². The molecule has 15 heavy (non-hydrogen) atoms. The molecule has 1 heteroatoms. The van der Waals surface area contributed by atoms with Crippen LogP contribution < -0.4 is 0 Å². The SMILES string of the molecule is CCC(C)N1CCCc2ccccc2C1. The van der Waals surface area contributed by atoms with Crippen LogP contribution in [0.25, 0.3) is 0 Å². The monoisotopic (exact) mass is 203 g/mol. The Balaban J connectivity index is 2.17. The Kier molecular flexibility index (Phi) is 3.42. The van der Waals surface area contributed by atoms with Crippen LogP contribution in [-0.2, 0) is 13.0 Å². The average Bonchev–Trinajstić information content (AvgIpc) is 2.49. The molecule has 0 radical (unpaired) electrons. The standard InChI is InChI=1S/C14H21N/c1-3-12(2)15-10-6-9-13-7-4-5-8-14(13)11-15/h4-5,7-8,12H,3,6,9-11H2,1-2H3. The maximum atomic E-state index is 2.62. The third-order valence-electron chi connectivity index (χ3n) is 3.60. The quantitative estimate of drug-likeness (QED) is 0.713. The van der Waals surface area contributed by atoms with E-state index in [2.05, 4.69) is 43.0 Å². The first-order chi connectivity index (χ1) is 7.31. The maximum absolute atomic E-state index is 2.62. The minimum Gasteiger partial charge on any atom is -0.296 e. The van der Waals surface area contributed by atoms with Crippen molar-refractivity contribution < 1.29 is 0 Å². The molecule has 1 atom stereocenters. The molecule has 0 aromatic heterocycles. The highest BCUT2D eigenvalue weighted by Crippen LogP contribution is 2.20. The summed E-state index contributed by atoms with van der Waals surface area (Å²) in [4.78, 5) is 2.62. The van der Waals surface area contributed by atoms with E-state index in [0.29, 0.717) is 0 Å². The van der Waals surface area contributed by atoms with Crippen molar-refractivity contribution in [2.45, 2.75) is 45.7 Å². The normalized spacial score (nSPS) is 19.3. The zero-order valence-electron chi connectivity index (χ0n) is 9.87. The van der Waals surface area contributed by atoms with Crippen molar-refractivity contribution in [3.05, 3.63) is 35.4 Å². The molecule has 0 saturated heterocycles. The number of fused-ring (bicyclic) bond motifs is 1. The minimum atomic E-state index is 0.719. The van der Waals surface area contributed by atoms with Gasteiger partial charge >= 0.3 is 0 Å². The van der Waals surface area contributed by atoms with Gasteiger partial charge in [0.25, 0.3) is 0 Å². The molecule has 82 valence electrons. The van der Waals surface area contributed by atoms with Crippen LogP contribution in [0.4, 0.5) is 0 Å². The lowest BCUT2D eigenvalue weighted by Crippen LogP contribution is -2.32. The van der Waals surface area contributed by atoms with Crippen molar-refractivity contribution in [1.29, 1.82) is 0 Å². The second kappa shape index (κ2) is 4.80. The van der Waals surface area contributed by atoms with Crippen molar-refractivity contribution in [3.63, 3.8) is 0 Å². The van der Waals surface area contributed by atoms with Gasteiger partial charge in [0.05, 0.1) is 0 Å². The summed E-state index contributed by atoms with van der Waals surface area (Å²) in [7, 11) is 0. The second-order valence-electron chi connectivity index (χ2n) is 4.60. The minimum absolute atomic E-state index is 0.719. The van der Waals surface area contributed by atoms with Gasteiger partial charge in [-0.15, -0.1) is 0 Å².